The van der Waals surface area contributed by atoms with Crippen LogP contribution in [0, 0.1) is 5.41 Å². The van der Waals surface area contributed by atoms with Crippen molar-refractivity contribution in [1.29, 1.82) is 0 Å². The van der Waals surface area contributed by atoms with Gasteiger partial charge < -0.3 is 15.0 Å². The third kappa shape index (κ3) is 3.91. The zero-order valence-corrected chi connectivity index (χ0v) is 12.3. The number of aromatic nitrogens is 1. The van der Waals surface area contributed by atoms with Gasteiger partial charge in [-0.3, -0.25) is 0 Å². The van der Waals surface area contributed by atoms with Gasteiger partial charge in [0.2, 0.25) is 5.88 Å². The van der Waals surface area contributed by atoms with Crippen molar-refractivity contribution >= 4 is 0 Å². The highest BCUT2D eigenvalue weighted by Gasteiger charge is 2.28. The average molecular weight is 263 g/mol. The van der Waals surface area contributed by atoms with Crippen LogP contribution in [0.5, 0.6) is 5.88 Å². The smallest absolute Gasteiger partial charge is 0.217 e. The van der Waals surface area contributed by atoms with Crippen molar-refractivity contribution in [2.75, 3.05) is 33.8 Å². The second-order valence-electron chi connectivity index (χ2n) is 5.89. The number of nitrogens with zero attached hydrogens (tertiary/aromatic N) is 2. The highest BCUT2D eigenvalue weighted by molar-refractivity contribution is 5.24. The molecule has 1 N–H and O–H groups in total. The molecular weight excluding hydrogens is 238 g/mol. The van der Waals surface area contributed by atoms with Gasteiger partial charge in [0.15, 0.2) is 0 Å². The standard InChI is InChI=1S/C15H25N3O/c1-15(6-9-18(2)10-7-15)12-16-11-13-5-4-8-17-14(13)19-3/h4-5,8,16H,6-7,9-12H2,1-3H3. The molecule has 1 aromatic rings. The minimum Gasteiger partial charge on any atom is -0.481 e. The number of ether oxygens (including phenoxy) is 1. The van der Waals surface area contributed by atoms with Crippen molar-refractivity contribution in [3.05, 3.63) is 23.9 Å². The molecule has 0 bridgehead atoms. The number of piperidine rings is 1. The first-order valence-electron chi connectivity index (χ1n) is 7.00. The third-order valence-corrected chi connectivity index (χ3v) is 4.10. The summed E-state index contributed by atoms with van der Waals surface area (Å²) < 4.78 is 5.27. The van der Waals surface area contributed by atoms with Crippen molar-refractivity contribution in [3.8, 4) is 5.88 Å². The van der Waals surface area contributed by atoms with E-state index >= 15 is 0 Å². The van der Waals surface area contributed by atoms with Gasteiger partial charge in [-0.1, -0.05) is 13.0 Å². The molecular formula is C15H25N3O. The van der Waals surface area contributed by atoms with Crippen LogP contribution < -0.4 is 10.1 Å². The molecule has 0 amide bonds. The number of likely N-dealkylation sites (tertiary alicyclic amines) is 1. The molecule has 106 valence electrons. The number of pyridine rings is 1. The molecule has 0 atom stereocenters. The van der Waals surface area contributed by atoms with E-state index in [1.54, 1.807) is 13.3 Å². The monoisotopic (exact) mass is 263 g/mol. The predicted molar refractivity (Wildman–Crippen MR) is 77.3 cm³/mol. The van der Waals surface area contributed by atoms with Crippen LogP contribution in [-0.2, 0) is 6.54 Å². The van der Waals surface area contributed by atoms with Gasteiger partial charge in [0.05, 0.1) is 7.11 Å². The Morgan fingerprint density at radius 3 is 2.84 bits per heavy atom. The number of hydrogen-bond acceptors (Lipinski definition) is 4. The molecule has 0 radical (unpaired) electrons. The molecule has 0 saturated carbocycles. The molecule has 0 aromatic carbocycles. The zero-order chi connectivity index (χ0) is 13.7. The second kappa shape index (κ2) is 6.35. The first-order chi connectivity index (χ1) is 9.13. The molecule has 1 fully saturated rings. The Morgan fingerprint density at radius 1 is 1.42 bits per heavy atom. The SMILES string of the molecule is COc1ncccc1CNCC1(C)CCN(C)CC1. The summed E-state index contributed by atoms with van der Waals surface area (Å²) >= 11 is 0. The number of rotatable bonds is 5. The minimum atomic E-state index is 0.419. The van der Waals surface area contributed by atoms with Gasteiger partial charge in [0, 0.05) is 24.8 Å². The van der Waals surface area contributed by atoms with Crippen LogP contribution in [0.1, 0.15) is 25.3 Å². The highest BCUT2D eigenvalue weighted by Crippen LogP contribution is 2.29. The van der Waals surface area contributed by atoms with Gasteiger partial charge >= 0.3 is 0 Å². The summed E-state index contributed by atoms with van der Waals surface area (Å²) in [5, 5.41) is 3.56. The van der Waals surface area contributed by atoms with Crippen LogP contribution in [0.15, 0.2) is 18.3 Å². The number of methoxy groups -OCH3 is 1. The molecule has 19 heavy (non-hydrogen) atoms. The predicted octanol–water partition coefficient (Wildman–Crippen LogP) is 1.91. The van der Waals surface area contributed by atoms with E-state index in [1.807, 2.05) is 6.07 Å². The van der Waals surface area contributed by atoms with Gasteiger partial charge in [0.25, 0.3) is 0 Å². The Morgan fingerprint density at radius 2 is 2.16 bits per heavy atom. The maximum Gasteiger partial charge on any atom is 0.217 e. The van der Waals surface area contributed by atoms with E-state index in [-0.39, 0.29) is 0 Å². The lowest BCUT2D eigenvalue weighted by atomic mass is 9.80. The summed E-state index contributed by atoms with van der Waals surface area (Å²) in [4.78, 5) is 6.63. The minimum absolute atomic E-state index is 0.419. The lowest BCUT2D eigenvalue weighted by Crippen LogP contribution is -2.41. The molecule has 0 spiro atoms. The van der Waals surface area contributed by atoms with E-state index in [1.165, 1.54) is 25.9 Å². The van der Waals surface area contributed by atoms with E-state index in [0.717, 1.165) is 24.5 Å². The van der Waals surface area contributed by atoms with Crippen molar-refractivity contribution in [1.82, 2.24) is 15.2 Å². The van der Waals surface area contributed by atoms with Gasteiger partial charge in [-0.2, -0.15) is 0 Å². The van der Waals surface area contributed by atoms with Crippen molar-refractivity contribution < 1.29 is 4.74 Å². The Kier molecular flexibility index (Phi) is 4.77. The molecule has 4 nitrogen and oxygen atoms in total. The Hall–Kier alpha value is -1.13. The molecule has 1 aliphatic heterocycles. The Bertz CT molecular complexity index is 400. The first-order valence-corrected chi connectivity index (χ1v) is 7.00. The quantitative estimate of drug-likeness (QED) is 0.880. The highest BCUT2D eigenvalue weighted by atomic mass is 16.5. The van der Waals surface area contributed by atoms with Crippen molar-refractivity contribution in [2.45, 2.75) is 26.3 Å². The number of nitrogens with one attached hydrogen (secondary N) is 1. The van der Waals surface area contributed by atoms with Gasteiger partial charge in [-0.15, -0.1) is 0 Å². The summed E-state index contributed by atoms with van der Waals surface area (Å²) in [6.45, 7) is 6.66. The van der Waals surface area contributed by atoms with Gasteiger partial charge in [0.1, 0.15) is 0 Å². The lowest BCUT2D eigenvalue weighted by molar-refractivity contribution is 0.136. The van der Waals surface area contributed by atoms with E-state index < -0.39 is 0 Å². The summed E-state index contributed by atoms with van der Waals surface area (Å²) in [5.74, 6) is 0.725. The average Bonchev–Trinajstić information content (AvgIpc) is 2.43. The van der Waals surface area contributed by atoms with Crippen LogP contribution in [0.25, 0.3) is 0 Å². The van der Waals surface area contributed by atoms with E-state index in [4.69, 9.17) is 4.74 Å². The lowest BCUT2D eigenvalue weighted by Gasteiger charge is -2.38. The van der Waals surface area contributed by atoms with Crippen LogP contribution >= 0.6 is 0 Å². The fourth-order valence-electron chi connectivity index (χ4n) is 2.58. The third-order valence-electron chi connectivity index (χ3n) is 4.10. The van der Waals surface area contributed by atoms with Gasteiger partial charge in [-0.25, -0.2) is 4.98 Å². The van der Waals surface area contributed by atoms with E-state index in [0.29, 0.717) is 5.41 Å². The van der Waals surface area contributed by atoms with Crippen molar-refractivity contribution in [3.63, 3.8) is 0 Å². The first kappa shape index (κ1) is 14.3. The summed E-state index contributed by atoms with van der Waals surface area (Å²) in [7, 11) is 3.87. The largest absolute Gasteiger partial charge is 0.481 e. The van der Waals surface area contributed by atoms with Crippen LogP contribution in [0.3, 0.4) is 0 Å². The second-order valence-corrected chi connectivity index (χ2v) is 5.89. The fourth-order valence-corrected chi connectivity index (χ4v) is 2.58. The fraction of sp³-hybridized carbons (Fsp3) is 0.667. The molecule has 4 heteroatoms. The van der Waals surface area contributed by atoms with Crippen LogP contribution in [0.2, 0.25) is 0 Å². The Labute approximate surface area is 116 Å². The molecule has 0 aliphatic carbocycles. The Balaban J connectivity index is 1.83. The number of hydrogen-bond donors (Lipinski definition) is 1. The molecule has 0 unspecified atom stereocenters. The van der Waals surface area contributed by atoms with Crippen LogP contribution in [0.4, 0.5) is 0 Å². The van der Waals surface area contributed by atoms with Gasteiger partial charge in [-0.05, 0) is 44.5 Å². The molecule has 1 aliphatic rings. The van der Waals surface area contributed by atoms with Crippen LogP contribution in [-0.4, -0.2) is 43.7 Å². The topological polar surface area (TPSA) is 37.4 Å². The maximum atomic E-state index is 5.27. The maximum absolute atomic E-state index is 5.27. The zero-order valence-electron chi connectivity index (χ0n) is 12.3. The van der Waals surface area contributed by atoms with Crippen molar-refractivity contribution in [2.24, 2.45) is 5.41 Å². The molecule has 1 aromatic heterocycles. The molecule has 2 heterocycles. The van der Waals surface area contributed by atoms with E-state index in [2.05, 4.69) is 35.2 Å². The molecule has 1 saturated heterocycles. The normalized spacial score (nSPS) is 19.3. The summed E-state index contributed by atoms with van der Waals surface area (Å²) in [6.07, 6.45) is 4.29. The summed E-state index contributed by atoms with van der Waals surface area (Å²) in [6, 6.07) is 4.02. The summed E-state index contributed by atoms with van der Waals surface area (Å²) in [5.41, 5.74) is 1.55. The van der Waals surface area contributed by atoms with E-state index in [9.17, 15) is 0 Å². The molecule has 2 rings (SSSR count).